The number of carbonyl (C=O) groups is 2. The minimum Gasteiger partial charge on any atom is -0.496 e. The van der Waals surface area contributed by atoms with Crippen LogP contribution in [0.15, 0.2) is 6.07 Å². The van der Waals surface area contributed by atoms with Crippen LogP contribution in [-0.2, 0) is 22.6 Å². The molecule has 6 nitrogen and oxygen atoms in total. The van der Waals surface area contributed by atoms with Gasteiger partial charge in [-0.3, -0.25) is 4.79 Å². The highest BCUT2D eigenvalue weighted by Gasteiger charge is 2.40. The number of aliphatic hydroxyl groups is 1. The van der Waals surface area contributed by atoms with E-state index in [4.69, 9.17) is 14.2 Å². The zero-order chi connectivity index (χ0) is 18.4. The Morgan fingerprint density at radius 1 is 1.44 bits per heavy atom. The number of carbonyl (C=O) groups excluding carboxylic acids is 2. The number of cyclic esters (lactones) is 1. The largest absolute Gasteiger partial charge is 0.496 e. The van der Waals surface area contributed by atoms with Gasteiger partial charge in [0.2, 0.25) is 0 Å². The Morgan fingerprint density at radius 3 is 2.80 bits per heavy atom. The van der Waals surface area contributed by atoms with Crippen molar-refractivity contribution >= 4 is 11.8 Å². The number of esters is 1. The highest BCUT2D eigenvalue weighted by atomic mass is 16.5. The minimum atomic E-state index is -1.05. The first-order chi connectivity index (χ1) is 11.6. The second-order valence-electron chi connectivity index (χ2n) is 7.75. The Balaban J connectivity index is 1.91. The first-order valence-corrected chi connectivity index (χ1v) is 8.45. The molecule has 1 aromatic carbocycles. The number of fused-ring (bicyclic) bond motifs is 3. The predicted molar refractivity (Wildman–Crippen MR) is 90.0 cm³/mol. The summed E-state index contributed by atoms with van der Waals surface area (Å²) in [7, 11) is 1.58. The summed E-state index contributed by atoms with van der Waals surface area (Å²) in [4.78, 5) is 24.4. The molecular formula is C19H24O6. The number of hydrogen-bond donors (Lipinski definition) is 1. The highest BCUT2D eigenvalue weighted by molar-refractivity contribution is 5.97. The van der Waals surface area contributed by atoms with Gasteiger partial charge in [-0.15, -0.1) is 0 Å². The van der Waals surface area contributed by atoms with Crippen LogP contribution in [0.5, 0.6) is 11.5 Å². The summed E-state index contributed by atoms with van der Waals surface area (Å²) in [5.41, 5.74) is 0.254. The summed E-state index contributed by atoms with van der Waals surface area (Å²) in [5, 5.41) is 9.85. The van der Waals surface area contributed by atoms with Gasteiger partial charge in [-0.1, -0.05) is 0 Å². The molecule has 2 aliphatic heterocycles. The Hall–Kier alpha value is -2.08. The number of methoxy groups -OCH3 is 1. The van der Waals surface area contributed by atoms with Crippen LogP contribution in [0.25, 0.3) is 0 Å². The van der Waals surface area contributed by atoms with Crippen molar-refractivity contribution in [3.63, 3.8) is 0 Å². The normalized spacial score (nSPS) is 21.9. The van der Waals surface area contributed by atoms with Crippen LogP contribution < -0.4 is 9.47 Å². The predicted octanol–water partition coefficient (Wildman–Crippen LogP) is 2.57. The van der Waals surface area contributed by atoms with E-state index >= 15 is 0 Å². The zero-order valence-electron chi connectivity index (χ0n) is 15.1. The van der Waals surface area contributed by atoms with Gasteiger partial charge >= 0.3 is 5.97 Å². The lowest BCUT2D eigenvalue weighted by Gasteiger charge is -2.37. The molecule has 3 rings (SSSR count). The van der Waals surface area contributed by atoms with Gasteiger partial charge in [-0.25, -0.2) is 4.79 Å². The molecule has 2 heterocycles. The molecule has 0 radical (unpaired) electrons. The van der Waals surface area contributed by atoms with E-state index in [1.807, 2.05) is 13.0 Å². The van der Waals surface area contributed by atoms with Crippen molar-refractivity contribution in [1.82, 2.24) is 0 Å². The van der Waals surface area contributed by atoms with Gasteiger partial charge in [-0.05, 0) is 39.7 Å². The molecule has 0 aromatic heterocycles. The quantitative estimate of drug-likeness (QED) is 0.824. The van der Waals surface area contributed by atoms with Crippen molar-refractivity contribution < 1.29 is 28.9 Å². The lowest BCUT2D eigenvalue weighted by atomic mass is 9.85. The molecular weight excluding hydrogens is 324 g/mol. The minimum absolute atomic E-state index is 0.0665. The second-order valence-corrected chi connectivity index (χ2v) is 7.75. The zero-order valence-corrected chi connectivity index (χ0v) is 15.1. The molecule has 0 bridgehead atoms. The Labute approximate surface area is 147 Å². The number of ether oxygens (including phenoxy) is 3. The summed E-state index contributed by atoms with van der Waals surface area (Å²) < 4.78 is 16.7. The van der Waals surface area contributed by atoms with Crippen molar-refractivity contribution in [2.45, 2.75) is 64.3 Å². The second kappa shape index (κ2) is 6.02. The fourth-order valence-electron chi connectivity index (χ4n) is 3.58. The maximum absolute atomic E-state index is 12.3. The van der Waals surface area contributed by atoms with Gasteiger partial charge in [0.15, 0.2) is 0 Å². The van der Waals surface area contributed by atoms with E-state index in [0.717, 1.165) is 11.1 Å². The van der Waals surface area contributed by atoms with Crippen molar-refractivity contribution in [3.05, 3.63) is 22.8 Å². The van der Waals surface area contributed by atoms with E-state index < -0.39 is 17.2 Å². The van der Waals surface area contributed by atoms with Crippen LogP contribution in [-0.4, -0.2) is 35.2 Å². The highest BCUT2D eigenvalue weighted by Crippen LogP contribution is 2.45. The maximum Gasteiger partial charge on any atom is 0.342 e. The van der Waals surface area contributed by atoms with E-state index in [1.165, 1.54) is 0 Å². The van der Waals surface area contributed by atoms with Crippen LogP contribution in [0.4, 0.5) is 0 Å². The van der Waals surface area contributed by atoms with Crippen molar-refractivity contribution in [2.24, 2.45) is 0 Å². The third-order valence-corrected chi connectivity index (χ3v) is 4.66. The summed E-state index contributed by atoms with van der Waals surface area (Å²) in [6.07, 6.45) is 1.52. The van der Waals surface area contributed by atoms with Gasteiger partial charge in [0, 0.05) is 24.0 Å². The fraction of sp³-hybridized carbons (Fsp3) is 0.579. The lowest BCUT2D eigenvalue weighted by molar-refractivity contribution is -0.126. The van der Waals surface area contributed by atoms with E-state index in [2.05, 4.69) is 0 Å². The average molecular weight is 348 g/mol. The van der Waals surface area contributed by atoms with E-state index in [0.29, 0.717) is 29.9 Å². The molecule has 1 atom stereocenters. The lowest BCUT2D eigenvalue weighted by Crippen LogP contribution is -2.40. The maximum atomic E-state index is 12.3. The number of ketones is 1. The van der Waals surface area contributed by atoms with Crippen molar-refractivity contribution in [3.8, 4) is 11.5 Å². The molecule has 2 aliphatic rings. The third-order valence-electron chi connectivity index (χ3n) is 4.66. The van der Waals surface area contributed by atoms with Crippen LogP contribution >= 0.6 is 0 Å². The standard InChI is InChI=1S/C19H24O6/c1-18(2,22)8-12(20)9-19(3)6-5-13-14(23-4)7-11-10-24-17(21)15(11)16(13)25-19/h7,22H,5-6,8-10H2,1-4H3/t19-/m1/s1. The first-order valence-electron chi connectivity index (χ1n) is 8.45. The smallest absolute Gasteiger partial charge is 0.342 e. The Kier molecular flexibility index (Phi) is 4.27. The molecule has 1 aromatic rings. The molecule has 0 spiro atoms. The van der Waals surface area contributed by atoms with Crippen molar-refractivity contribution in [2.75, 3.05) is 7.11 Å². The number of rotatable bonds is 5. The van der Waals surface area contributed by atoms with Gasteiger partial charge in [0.1, 0.15) is 35.1 Å². The number of benzene rings is 1. The number of hydrogen-bond acceptors (Lipinski definition) is 6. The molecule has 0 fully saturated rings. The van der Waals surface area contributed by atoms with Gasteiger partial charge in [-0.2, -0.15) is 0 Å². The van der Waals surface area contributed by atoms with Gasteiger partial charge < -0.3 is 19.3 Å². The molecule has 0 saturated heterocycles. The molecule has 136 valence electrons. The van der Waals surface area contributed by atoms with Gasteiger partial charge in [0.05, 0.1) is 12.7 Å². The van der Waals surface area contributed by atoms with Crippen LogP contribution in [0, 0.1) is 0 Å². The third kappa shape index (κ3) is 3.49. The number of Topliss-reactive ketones (excluding diaryl/α,β-unsaturated/α-hetero) is 1. The van der Waals surface area contributed by atoms with Crippen LogP contribution in [0.2, 0.25) is 0 Å². The molecule has 0 aliphatic carbocycles. The Bertz CT molecular complexity index is 730. The summed E-state index contributed by atoms with van der Waals surface area (Å²) >= 11 is 0. The molecule has 25 heavy (non-hydrogen) atoms. The summed E-state index contributed by atoms with van der Waals surface area (Å²) in [6, 6.07) is 1.82. The van der Waals surface area contributed by atoms with Gasteiger partial charge in [0.25, 0.3) is 0 Å². The molecule has 6 heteroatoms. The fourth-order valence-corrected chi connectivity index (χ4v) is 3.58. The summed E-state index contributed by atoms with van der Waals surface area (Å²) in [6.45, 7) is 5.29. The first kappa shape index (κ1) is 17.7. The molecule has 1 N–H and O–H groups in total. The van der Waals surface area contributed by atoms with Crippen molar-refractivity contribution in [1.29, 1.82) is 0 Å². The molecule has 0 saturated carbocycles. The SMILES string of the molecule is COc1cc2c(c3c1CC[C@](C)(CC(=O)CC(C)(C)O)O3)C(=O)OC2. The van der Waals surface area contributed by atoms with E-state index in [-0.39, 0.29) is 25.2 Å². The monoisotopic (exact) mass is 348 g/mol. The summed E-state index contributed by atoms with van der Waals surface area (Å²) in [5.74, 6) is 0.681. The molecule has 0 amide bonds. The van der Waals surface area contributed by atoms with Crippen LogP contribution in [0.3, 0.4) is 0 Å². The van der Waals surface area contributed by atoms with E-state index in [1.54, 1.807) is 21.0 Å². The average Bonchev–Trinajstić information content (AvgIpc) is 2.85. The Morgan fingerprint density at radius 2 is 2.16 bits per heavy atom. The van der Waals surface area contributed by atoms with E-state index in [9.17, 15) is 14.7 Å². The molecule has 0 unspecified atom stereocenters. The topological polar surface area (TPSA) is 82.1 Å². The van der Waals surface area contributed by atoms with Crippen LogP contribution in [0.1, 0.15) is 61.5 Å².